The van der Waals surface area contributed by atoms with E-state index in [9.17, 15) is 0 Å². The Balaban J connectivity index is 1.30. The molecule has 1 aromatic rings. The normalized spacial score (nSPS) is 25.0. The van der Waals surface area contributed by atoms with Crippen molar-refractivity contribution in [3.05, 3.63) is 72.8 Å². The van der Waals surface area contributed by atoms with Crippen LogP contribution in [0, 0.1) is 0 Å². The van der Waals surface area contributed by atoms with Gasteiger partial charge in [-0.25, -0.2) is 0 Å². The maximum Gasteiger partial charge on any atom is 0.101 e. The highest BCUT2D eigenvalue weighted by molar-refractivity contribution is 5.28. The van der Waals surface area contributed by atoms with Crippen LogP contribution < -0.4 is 5.32 Å². The lowest BCUT2D eigenvalue weighted by Crippen LogP contribution is -2.52. The molecule has 0 aromatic heterocycles. The van der Waals surface area contributed by atoms with Gasteiger partial charge >= 0.3 is 0 Å². The van der Waals surface area contributed by atoms with Crippen LogP contribution in [-0.2, 0) is 0 Å². The highest BCUT2D eigenvalue weighted by Crippen LogP contribution is 2.38. The zero-order valence-electron chi connectivity index (χ0n) is 18.5. The van der Waals surface area contributed by atoms with Crippen molar-refractivity contribution in [3.63, 3.8) is 0 Å². The number of likely N-dealkylation sites (tertiary alicyclic amines) is 3. The van der Waals surface area contributed by atoms with Gasteiger partial charge < -0.3 is 20.0 Å². The Kier molecular flexibility index (Phi) is 6.83. The van der Waals surface area contributed by atoms with E-state index in [1.807, 2.05) is 0 Å². The van der Waals surface area contributed by atoms with Gasteiger partial charge in [0, 0.05) is 49.9 Å². The summed E-state index contributed by atoms with van der Waals surface area (Å²) >= 11 is 0. The highest BCUT2D eigenvalue weighted by atomic mass is 15.4. The molecule has 3 fully saturated rings. The van der Waals surface area contributed by atoms with Gasteiger partial charge in [-0.15, -0.1) is 0 Å². The Labute approximate surface area is 182 Å². The first-order valence-electron chi connectivity index (χ1n) is 11.7. The van der Waals surface area contributed by atoms with E-state index in [1.54, 1.807) is 0 Å². The Morgan fingerprint density at radius 2 is 1.77 bits per heavy atom. The van der Waals surface area contributed by atoms with Gasteiger partial charge in [0.2, 0.25) is 0 Å². The summed E-state index contributed by atoms with van der Waals surface area (Å²) in [5.41, 5.74) is 3.71. The molecule has 2 atom stereocenters. The predicted molar refractivity (Wildman–Crippen MR) is 126 cm³/mol. The van der Waals surface area contributed by atoms with Gasteiger partial charge in [-0.2, -0.15) is 0 Å². The van der Waals surface area contributed by atoms with Crippen LogP contribution in [0.2, 0.25) is 0 Å². The maximum absolute atomic E-state index is 4.48. The number of hydrogen-bond donors (Lipinski definition) is 1. The molecule has 3 heterocycles. The minimum Gasteiger partial charge on any atom is -0.386 e. The number of piperidine rings is 2. The third-order valence-corrected chi connectivity index (χ3v) is 7.05. The van der Waals surface area contributed by atoms with E-state index < -0.39 is 0 Å². The molecule has 0 amide bonds. The molecule has 4 heteroatoms. The molecular formula is C26H38N4. The van der Waals surface area contributed by atoms with Crippen LogP contribution in [0.25, 0.3) is 0 Å². The molecule has 2 unspecified atom stereocenters. The summed E-state index contributed by atoms with van der Waals surface area (Å²) < 4.78 is 0. The summed E-state index contributed by atoms with van der Waals surface area (Å²) in [6, 6.07) is 11.2. The van der Waals surface area contributed by atoms with Crippen LogP contribution in [-0.4, -0.2) is 60.0 Å². The summed E-state index contributed by atoms with van der Waals surface area (Å²) in [6.07, 6.45) is 7.51. The largest absolute Gasteiger partial charge is 0.386 e. The van der Waals surface area contributed by atoms with E-state index in [-0.39, 0.29) is 6.04 Å². The summed E-state index contributed by atoms with van der Waals surface area (Å²) in [7, 11) is 0. The smallest absolute Gasteiger partial charge is 0.101 e. The molecule has 3 aliphatic heterocycles. The first-order valence-corrected chi connectivity index (χ1v) is 11.7. The van der Waals surface area contributed by atoms with Crippen LogP contribution in [0.1, 0.15) is 50.0 Å². The molecule has 162 valence electrons. The van der Waals surface area contributed by atoms with Crippen LogP contribution >= 0.6 is 0 Å². The Bertz CT molecular complexity index is 750. The Morgan fingerprint density at radius 1 is 1.00 bits per heavy atom. The molecule has 3 aliphatic rings. The first-order chi connectivity index (χ1) is 14.6. The average molecular weight is 407 g/mol. The SMILES string of the molecule is C=C(NCCN1CCCCC1)C1CC(=C)N1C(=C)N1CCCC(c2ccccc2)C1. The van der Waals surface area contributed by atoms with Gasteiger partial charge in [0.05, 0.1) is 6.04 Å². The number of benzene rings is 1. The monoisotopic (exact) mass is 406 g/mol. The van der Waals surface area contributed by atoms with E-state index in [0.29, 0.717) is 5.92 Å². The lowest BCUT2D eigenvalue weighted by atomic mass is 9.90. The van der Waals surface area contributed by atoms with E-state index in [4.69, 9.17) is 0 Å². The number of rotatable bonds is 8. The van der Waals surface area contributed by atoms with Crippen LogP contribution in [0.15, 0.2) is 67.3 Å². The Hall–Kier alpha value is -2.20. The summed E-state index contributed by atoms with van der Waals surface area (Å²) in [4.78, 5) is 7.33. The van der Waals surface area contributed by atoms with Gasteiger partial charge in [-0.05, 0) is 44.3 Å². The fourth-order valence-corrected chi connectivity index (χ4v) is 5.20. The lowest BCUT2D eigenvalue weighted by molar-refractivity contribution is 0.133. The minimum atomic E-state index is 0.281. The van der Waals surface area contributed by atoms with Crippen molar-refractivity contribution in [2.45, 2.75) is 50.5 Å². The molecule has 0 bridgehead atoms. The third kappa shape index (κ3) is 4.75. The minimum absolute atomic E-state index is 0.281. The summed E-state index contributed by atoms with van der Waals surface area (Å²) in [6.45, 7) is 19.8. The quantitative estimate of drug-likeness (QED) is 0.685. The van der Waals surface area contributed by atoms with E-state index in [0.717, 1.165) is 49.8 Å². The van der Waals surface area contributed by atoms with Crippen molar-refractivity contribution < 1.29 is 0 Å². The van der Waals surface area contributed by atoms with Gasteiger partial charge in [0.15, 0.2) is 0 Å². The van der Waals surface area contributed by atoms with E-state index in [2.05, 4.69) is 70.1 Å². The standard InChI is InChI=1S/C26H38N4/c1-21-19-26(22(2)27-14-18-28-15-8-5-9-16-28)30(21)23(3)29-17-10-13-25(20-29)24-11-6-4-7-12-24/h4,6-7,11-12,25-27H,1-3,5,8-10,13-20H2. The number of hydrogen-bond acceptors (Lipinski definition) is 4. The van der Waals surface area contributed by atoms with Gasteiger partial charge in [-0.3, -0.25) is 0 Å². The highest BCUT2D eigenvalue weighted by Gasteiger charge is 2.37. The maximum atomic E-state index is 4.48. The van der Waals surface area contributed by atoms with Crippen molar-refractivity contribution in [2.75, 3.05) is 39.3 Å². The van der Waals surface area contributed by atoms with Crippen molar-refractivity contribution in [1.82, 2.24) is 20.0 Å². The van der Waals surface area contributed by atoms with Gasteiger partial charge in [0.25, 0.3) is 0 Å². The van der Waals surface area contributed by atoms with Gasteiger partial charge in [-0.1, -0.05) is 56.5 Å². The molecule has 1 N–H and O–H groups in total. The zero-order chi connectivity index (χ0) is 20.9. The fourth-order valence-electron chi connectivity index (χ4n) is 5.20. The van der Waals surface area contributed by atoms with E-state index >= 15 is 0 Å². The van der Waals surface area contributed by atoms with Crippen LogP contribution in [0.5, 0.6) is 0 Å². The Morgan fingerprint density at radius 3 is 2.50 bits per heavy atom. The summed E-state index contributed by atoms with van der Waals surface area (Å²) in [5, 5.41) is 3.60. The molecule has 0 saturated carbocycles. The molecule has 0 spiro atoms. The predicted octanol–water partition coefficient (Wildman–Crippen LogP) is 4.51. The second-order valence-electron chi connectivity index (χ2n) is 9.12. The molecule has 1 aromatic carbocycles. The average Bonchev–Trinajstić information content (AvgIpc) is 2.78. The molecule has 3 saturated heterocycles. The zero-order valence-corrected chi connectivity index (χ0v) is 18.5. The summed E-state index contributed by atoms with van der Waals surface area (Å²) in [5.74, 6) is 1.67. The van der Waals surface area contributed by atoms with Crippen molar-refractivity contribution in [3.8, 4) is 0 Å². The molecule has 4 nitrogen and oxygen atoms in total. The molecule has 0 radical (unpaired) electrons. The molecule has 0 aliphatic carbocycles. The molecule has 4 rings (SSSR count). The second-order valence-corrected chi connectivity index (χ2v) is 9.12. The molecular weight excluding hydrogens is 368 g/mol. The van der Waals surface area contributed by atoms with Crippen molar-refractivity contribution in [2.24, 2.45) is 0 Å². The number of nitrogens with zero attached hydrogens (tertiary/aromatic N) is 3. The third-order valence-electron chi connectivity index (χ3n) is 7.05. The van der Waals surface area contributed by atoms with Crippen molar-refractivity contribution >= 4 is 0 Å². The topological polar surface area (TPSA) is 21.8 Å². The van der Waals surface area contributed by atoms with Crippen LogP contribution in [0.3, 0.4) is 0 Å². The number of nitrogens with one attached hydrogen (secondary N) is 1. The fraction of sp³-hybridized carbons (Fsp3) is 0.538. The van der Waals surface area contributed by atoms with Crippen LogP contribution in [0.4, 0.5) is 0 Å². The molecule has 30 heavy (non-hydrogen) atoms. The first kappa shape index (κ1) is 21.0. The van der Waals surface area contributed by atoms with Crippen molar-refractivity contribution in [1.29, 1.82) is 0 Å². The van der Waals surface area contributed by atoms with Gasteiger partial charge in [0.1, 0.15) is 5.82 Å². The second kappa shape index (κ2) is 9.74. The lowest BCUT2D eigenvalue weighted by Gasteiger charge is -2.50. The van der Waals surface area contributed by atoms with E-state index in [1.165, 1.54) is 50.8 Å².